The average Bonchev–Trinajstić information content (AvgIpc) is 2.82. The summed E-state index contributed by atoms with van der Waals surface area (Å²) in [5, 5.41) is 3.39. The molecule has 0 unspecified atom stereocenters. The van der Waals surface area contributed by atoms with Crippen molar-refractivity contribution in [2.24, 2.45) is 5.92 Å². The lowest BCUT2D eigenvalue weighted by Crippen LogP contribution is -2.32. The minimum absolute atomic E-state index is 0. The molecule has 1 aromatic carbocycles. The topological polar surface area (TPSA) is 39.1 Å². The van der Waals surface area contributed by atoms with E-state index in [2.05, 4.69) is 29.4 Å². The second-order valence-corrected chi connectivity index (χ2v) is 5.76. The zero-order valence-corrected chi connectivity index (χ0v) is 14.0. The van der Waals surface area contributed by atoms with Gasteiger partial charge < -0.3 is 10.2 Å². The van der Waals surface area contributed by atoms with Gasteiger partial charge in [-0.2, -0.15) is 4.73 Å². The van der Waals surface area contributed by atoms with E-state index in [0.29, 0.717) is 5.92 Å². The maximum absolute atomic E-state index is 6.11. The monoisotopic (exact) mass is 321 g/mol. The van der Waals surface area contributed by atoms with Crippen molar-refractivity contribution >= 4 is 12.4 Å². The molecule has 120 valence electrons. The maximum Gasteiger partial charge on any atom is 0.176 e. The molecule has 1 aromatic heterocycles. The fourth-order valence-electron chi connectivity index (χ4n) is 2.75. The number of hydrogen-bond acceptors (Lipinski definition) is 3. The van der Waals surface area contributed by atoms with Crippen molar-refractivity contribution in [3.63, 3.8) is 0 Å². The van der Waals surface area contributed by atoms with Crippen molar-refractivity contribution < 1.29 is 4.84 Å². The third-order valence-electron chi connectivity index (χ3n) is 4.22. The van der Waals surface area contributed by atoms with Crippen LogP contribution in [-0.4, -0.2) is 29.4 Å². The number of aromatic nitrogens is 2. The fourth-order valence-corrected chi connectivity index (χ4v) is 2.75. The van der Waals surface area contributed by atoms with Gasteiger partial charge in [0, 0.05) is 5.56 Å². The SMILES string of the molecule is Cc1nc(-c2ccccc2)n(OCC2CCNCC2)c1C.Cl. The van der Waals surface area contributed by atoms with Gasteiger partial charge in [0.2, 0.25) is 0 Å². The normalized spacial score (nSPS) is 15.4. The van der Waals surface area contributed by atoms with E-state index < -0.39 is 0 Å². The molecule has 4 nitrogen and oxygen atoms in total. The minimum atomic E-state index is 0. The highest BCUT2D eigenvalue weighted by Gasteiger charge is 2.17. The van der Waals surface area contributed by atoms with Gasteiger partial charge in [-0.3, -0.25) is 0 Å². The maximum atomic E-state index is 6.11. The molecule has 0 aliphatic carbocycles. The number of rotatable bonds is 4. The average molecular weight is 322 g/mol. The van der Waals surface area contributed by atoms with Gasteiger partial charge >= 0.3 is 0 Å². The summed E-state index contributed by atoms with van der Waals surface area (Å²) in [5.74, 6) is 1.54. The van der Waals surface area contributed by atoms with Gasteiger partial charge in [-0.05, 0) is 45.7 Å². The molecule has 5 heteroatoms. The van der Waals surface area contributed by atoms with E-state index in [0.717, 1.165) is 42.5 Å². The summed E-state index contributed by atoms with van der Waals surface area (Å²) < 4.78 is 1.91. The highest BCUT2D eigenvalue weighted by atomic mass is 35.5. The first-order chi connectivity index (χ1) is 10.3. The number of benzene rings is 1. The minimum Gasteiger partial charge on any atom is -0.412 e. The van der Waals surface area contributed by atoms with Crippen LogP contribution in [0.2, 0.25) is 0 Å². The number of imidazole rings is 1. The molecule has 3 rings (SSSR count). The van der Waals surface area contributed by atoms with Crippen molar-refractivity contribution in [2.45, 2.75) is 26.7 Å². The zero-order valence-electron chi connectivity index (χ0n) is 13.2. The van der Waals surface area contributed by atoms with Crippen LogP contribution in [0, 0.1) is 19.8 Å². The van der Waals surface area contributed by atoms with E-state index in [1.807, 2.05) is 29.9 Å². The summed E-state index contributed by atoms with van der Waals surface area (Å²) in [6, 6.07) is 10.2. The Balaban J connectivity index is 0.00000176. The summed E-state index contributed by atoms with van der Waals surface area (Å²) in [6.07, 6.45) is 2.38. The van der Waals surface area contributed by atoms with E-state index in [4.69, 9.17) is 4.84 Å². The van der Waals surface area contributed by atoms with Crippen molar-refractivity contribution in [2.75, 3.05) is 19.7 Å². The molecular formula is C17H24ClN3O. The molecule has 22 heavy (non-hydrogen) atoms. The lowest BCUT2D eigenvalue weighted by atomic mass is 10.00. The largest absolute Gasteiger partial charge is 0.412 e. The van der Waals surface area contributed by atoms with E-state index in [9.17, 15) is 0 Å². The van der Waals surface area contributed by atoms with Gasteiger partial charge in [-0.15, -0.1) is 12.4 Å². The quantitative estimate of drug-likeness (QED) is 0.941. The summed E-state index contributed by atoms with van der Waals surface area (Å²) in [4.78, 5) is 10.8. The van der Waals surface area contributed by atoms with Gasteiger partial charge in [0.05, 0.1) is 11.4 Å². The predicted molar refractivity (Wildman–Crippen MR) is 91.4 cm³/mol. The Kier molecular flexibility index (Phi) is 5.86. The van der Waals surface area contributed by atoms with Crippen LogP contribution in [0.1, 0.15) is 24.2 Å². The molecule has 1 aliphatic rings. The number of nitrogens with one attached hydrogen (secondary N) is 1. The molecule has 1 fully saturated rings. The summed E-state index contributed by atoms with van der Waals surface area (Å²) >= 11 is 0. The van der Waals surface area contributed by atoms with Crippen molar-refractivity contribution in [3.05, 3.63) is 41.7 Å². The molecule has 0 amide bonds. The first-order valence-electron chi connectivity index (χ1n) is 7.71. The standard InChI is InChI=1S/C17H23N3O.ClH/c1-13-14(2)20(21-12-15-8-10-18-11-9-15)17(19-13)16-6-4-3-5-7-16;/h3-7,15,18H,8-12H2,1-2H3;1H. The second kappa shape index (κ2) is 7.65. The number of piperidine rings is 1. The molecule has 0 spiro atoms. The van der Waals surface area contributed by atoms with Crippen LogP contribution in [-0.2, 0) is 0 Å². The summed E-state index contributed by atoms with van der Waals surface area (Å²) in [5.41, 5.74) is 3.21. The van der Waals surface area contributed by atoms with Gasteiger partial charge in [0.15, 0.2) is 5.82 Å². The number of hydrogen-bond donors (Lipinski definition) is 1. The Bertz CT molecular complexity index is 591. The Labute approximate surface area is 138 Å². The number of nitrogens with zero attached hydrogens (tertiary/aromatic N) is 2. The van der Waals surface area contributed by atoms with Crippen LogP contribution in [0.25, 0.3) is 11.4 Å². The summed E-state index contributed by atoms with van der Waals surface area (Å²) in [6.45, 7) is 7.06. The highest BCUT2D eigenvalue weighted by molar-refractivity contribution is 5.85. The molecule has 1 saturated heterocycles. The molecule has 0 atom stereocenters. The van der Waals surface area contributed by atoms with Gasteiger partial charge in [-0.25, -0.2) is 4.98 Å². The molecule has 2 aromatic rings. The Morgan fingerprint density at radius 1 is 1.18 bits per heavy atom. The van der Waals surface area contributed by atoms with Crippen LogP contribution in [0.4, 0.5) is 0 Å². The predicted octanol–water partition coefficient (Wildman–Crippen LogP) is 3.02. The Morgan fingerprint density at radius 3 is 2.55 bits per heavy atom. The third-order valence-corrected chi connectivity index (χ3v) is 4.22. The Hall–Kier alpha value is -1.52. The first kappa shape index (κ1) is 16.8. The number of aryl methyl sites for hydroxylation is 1. The van der Waals surface area contributed by atoms with Crippen molar-refractivity contribution in [1.82, 2.24) is 15.0 Å². The van der Waals surface area contributed by atoms with Gasteiger partial charge in [-0.1, -0.05) is 30.3 Å². The van der Waals surface area contributed by atoms with E-state index in [-0.39, 0.29) is 12.4 Å². The molecular weight excluding hydrogens is 298 g/mol. The van der Waals surface area contributed by atoms with Crippen LogP contribution >= 0.6 is 12.4 Å². The second-order valence-electron chi connectivity index (χ2n) is 5.76. The van der Waals surface area contributed by atoms with Crippen LogP contribution in [0.3, 0.4) is 0 Å². The molecule has 1 N–H and O–H groups in total. The molecule has 0 bridgehead atoms. The molecule has 0 radical (unpaired) electrons. The Morgan fingerprint density at radius 2 is 1.86 bits per heavy atom. The van der Waals surface area contributed by atoms with E-state index >= 15 is 0 Å². The number of halogens is 1. The van der Waals surface area contributed by atoms with Crippen LogP contribution < -0.4 is 10.2 Å². The molecule has 1 aliphatic heterocycles. The fraction of sp³-hybridized carbons (Fsp3) is 0.471. The summed E-state index contributed by atoms with van der Waals surface area (Å²) in [7, 11) is 0. The van der Waals surface area contributed by atoms with Gasteiger partial charge in [0.1, 0.15) is 6.61 Å². The molecule has 2 heterocycles. The first-order valence-corrected chi connectivity index (χ1v) is 7.71. The third kappa shape index (κ3) is 3.62. The van der Waals surface area contributed by atoms with E-state index in [1.165, 1.54) is 12.8 Å². The molecule has 0 saturated carbocycles. The smallest absolute Gasteiger partial charge is 0.176 e. The van der Waals surface area contributed by atoms with Crippen LogP contribution in [0.15, 0.2) is 30.3 Å². The van der Waals surface area contributed by atoms with Crippen molar-refractivity contribution in [3.8, 4) is 11.4 Å². The van der Waals surface area contributed by atoms with Gasteiger partial charge in [0.25, 0.3) is 0 Å². The lowest BCUT2D eigenvalue weighted by molar-refractivity contribution is 0.0696. The zero-order chi connectivity index (χ0) is 14.7. The van der Waals surface area contributed by atoms with Crippen molar-refractivity contribution in [1.29, 1.82) is 0 Å². The van der Waals surface area contributed by atoms with E-state index in [1.54, 1.807) is 0 Å². The highest BCUT2D eigenvalue weighted by Crippen LogP contribution is 2.21. The van der Waals surface area contributed by atoms with Crippen LogP contribution in [0.5, 0.6) is 0 Å². The lowest BCUT2D eigenvalue weighted by Gasteiger charge is -2.23.